The number of rotatable bonds is 9. The van der Waals surface area contributed by atoms with E-state index in [4.69, 9.17) is 4.74 Å². The van der Waals surface area contributed by atoms with Crippen molar-refractivity contribution in [2.24, 2.45) is 5.92 Å². The summed E-state index contributed by atoms with van der Waals surface area (Å²) in [6, 6.07) is 26.3. The van der Waals surface area contributed by atoms with E-state index in [1.165, 1.54) is 25.2 Å². The number of methoxy groups -OCH3 is 1. The van der Waals surface area contributed by atoms with Crippen LogP contribution in [0.15, 0.2) is 84.9 Å². The van der Waals surface area contributed by atoms with Gasteiger partial charge in [-0.1, -0.05) is 73.9 Å². The fourth-order valence-electron chi connectivity index (χ4n) is 4.61. The number of hydrogen-bond donors (Lipinski definition) is 1. The number of anilines is 2. The molecule has 0 aliphatic heterocycles. The van der Waals surface area contributed by atoms with Crippen LogP contribution in [0.2, 0.25) is 0 Å². The van der Waals surface area contributed by atoms with Gasteiger partial charge in [-0.3, -0.25) is 4.79 Å². The van der Waals surface area contributed by atoms with Crippen LogP contribution in [0.5, 0.6) is 0 Å². The third-order valence-electron chi connectivity index (χ3n) is 6.65. The highest BCUT2D eigenvalue weighted by Crippen LogP contribution is 2.29. The number of nitrogens with one attached hydrogen (secondary N) is 1. The first kappa shape index (κ1) is 25.2. The minimum absolute atomic E-state index is 0.0554. The normalized spacial score (nSPS) is 13.9. The summed E-state index contributed by atoms with van der Waals surface area (Å²) in [6.07, 6.45) is 8.41. The number of carbonyl (C=O) groups excluding carboxylic acids is 2. The summed E-state index contributed by atoms with van der Waals surface area (Å²) in [7, 11) is 1.36. The Hall–Kier alpha value is -3.86. The zero-order valence-corrected chi connectivity index (χ0v) is 20.9. The van der Waals surface area contributed by atoms with Gasteiger partial charge >= 0.3 is 5.97 Å². The van der Waals surface area contributed by atoms with Crippen molar-refractivity contribution in [3.63, 3.8) is 0 Å². The highest BCUT2D eigenvalue weighted by Gasteiger charge is 2.27. The van der Waals surface area contributed by atoms with Gasteiger partial charge in [-0.2, -0.15) is 0 Å². The second-order valence-corrected chi connectivity index (χ2v) is 9.25. The molecule has 0 unspecified atom stereocenters. The molecule has 1 saturated carbocycles. The molecule has 0 saturated heterocycles. The van der Waals surface area contributed by atoms with Crippen molar-refractivity contribution < 1.29 is 14.3 Å². The summed E-state index contributed by atoms with van der Waals surface area (Å²) in [5, 5.41) is 3.46. The number of hydrogen-bond acceptors (Lipinski definition) is 4. The van der Waals surface area contributed by atoms with E-state index in [2.05, 4.69) is 41.7 Å². The van der Waals surface area contributed by atoms with E-state index in [0.29, 0.717) is 6.54 Å². The van der Waals surface area contributed by atoms with E-state index < -0.39 is 5.97 Å². The third kappa shape index (κ3) is 7.08. The minimum atomic E-state index is -0.406. The average Bonchev–Trinajstić information content (AvgIpc) is 2.95. The number of benzene rings is 3. The second-order valence-electron chi connectivity index (χ2n) is 9.25. The van der Waals surface area contributed by atoms with E-state index in [-0.39, 0.29) is 11.8 Å². The summed E-state index contributed by atoms with van der Waals surface area (Å²) in [5.74, 6) is -0.175. The Bertz CT molecular complexity index is 1170. The van der Waals surface area contributed by atoms with Crippen molar-refractivity contribution in [1.82, 2.24) is 0 Å². The molecule has 0 atom stereocenters. The summed E-state index contributed by atoms with van der Waals surface area (Å²) in [6.45, 7) is 1.26. The van der Waals surface area contributed by atoms with Gasteiger partial charge in [0.1, 0.15) is 0 Å². The van der Waals surface area contributed by atoms with Gasteiger partial charge in [0.05, 0.1) is 13.7 Å². The van der Waals surface area contributed by atoms with Gasteiger partial charge in [0.2, 0.25) is 5.91 Å². The molecule has 1 amide bonds. The molecule has 1 aliphatic carbocycles. The molecular formula is C31H34N2O3. The predicted octanol–water partition coefficient (Wildman–Crippen LogP) is 6.60. The molecule has 0 radical (unpaired) electrons. The summed E-state index contributed by atoms with van der Waals surface area (Å²) in [4.78, 5) is 27.1. The van der Waals surface area contributed by atoms with Gasteiger partial charge in [-0.15, -0.1) is 0 Å². The molecule has 0 aromatic heterocycles. The molecule has 5 nitrogen and oxygen atoms in total. The smallest absolute Gasteiger partial charge is 0.330 e. The summed E-state index contributed by atoms with van der Waals surface area (Å²) in [5.41, 5.74) is 5.03. The summed E-state index contributed by atoms with van der Waals surface area (Å²) < 4.78 is 4.70. The fourth-order valence-corrected chi connectivity index (χ4v) is 4.61. The van der Waals surface area contributed by atoms with Gasteiger partial charge in [0.15, 0.2) is 0 Å². The highest BCUT2D eigenvalue weighted by molar-refractivity contribution is 5.95. The molecule has 1 aliphatic rings. The largest absolute Gasteiger partial charge is 0.466 e. The minimum Gasteiger partial charge on any atom is -0.466 e. The number of ether oxygens (including phenoxy) is 1. The Labute approximate surface area is 213 Å². The lowest BCUT2D eigenvalue weighted by atomic mass is 9.88. The van der Waals surface area contributed by atoms with Crippen molar-refractivity contribution in [3.8, 4) is 0 Å². The van der Waals surface area contributed by atoms with Crippen molar-refractivity contribution in [2.45, 2.75) is 45.2 Å². The van der Waals surface area contributed by atoms with Gasteiger partial charge < -0.3 is 15.0 Å². The Kier molecular flexibility index (Phi) is 8.92. The van der Waals surface area contributed by atoms with E-state index in [0.717, 1.165) is 54.7 Å². The molecule has 36 heavy (non-hydrogen) atoms. The van der Waals surface area contributed by atoms with Gasteiger partial charge in [-0.05, 0) is 59.9 Å². The number of amides is 1. The van der Waals surface area contributed by atoms with Gasteiger partial charge in [0.25, 0.3) is 0 Å². The SMILES string of the molecule is COC(=O)/C=C/c1cccc(N(Cc2ccc(NCc3ccccc3)cc2)C(=O)C2CCCCC2)c1. The van der Waals surface area contributed by atoms with Crippen LogP contribution in [0.25, 0.3) is 6.08 Å². The third-order valence-corrected chi connectivity index (χ3v) is 6.65. The zero-order valence-electron chi connectivity index (χ0n) is 20.9. The molecule has 0 heterocycles. The molecule has 3 aromatic carbocycles. The highest BCUT2D eigenvalue weighted by atomic mass is 16.5. The van der Waals surface area contributed by atoms with E-state index in [1.54, 1.807) is 6.08 Å². The van der Waals surface area contributed by atoms with Crippen molar-refractivity contribution >= 4 is 29.3 Å². The maximum atomic E-state index is 13.7. The molecule has 0 spiro atoms. The Morgan fingerprint density at radius 1 is 0.917 bits per heavy atom. The van der Waals surface area contributed by atoms with Crippen molar-refractivity contribution in [3.05, 3.63) is 102 Å². The van der Waals surface area contributed by atoms with Crippen LogP contribution in [-0.2, 0) is 27.4 Å². The quantitative estimate of drug-likeness (QED) is 0.276. The summed E-state index contributed by atoms with van der Waals surface area (Å²) >= 11 is 0. The molecule has 0 bridgehead atoms. The first-order chi connectivity index (χ1) is 17.6. The molecule has 1 N–H and O–H groups in total. The standard InChI is InChI=1S/C31H34N2O3/c1-36-30(34)20-17-24-11-8-14-29(21-24)33(31(35)27-12-6-3-7-13-27)23-26-15-18-28(19-16-26)32-22-25-9-4-2-5-10-25/h2,4-5,8-11,14-21,27,32H,3,6-7,12-13,22-23H2,1H3/b20-17+. The lowest BCUT2D eigenvalue weighted by Gasteiger charge is -2.30. The molecule has 186 valence electrons. The number of nitrogens with zero attached hydrogens (tertiary/aromatic N) is 1. The zero-order chi connectivity index (χ0) is 25.2. The van der Waals surface area contributed by atoms with Crippen LogP contribution in [0, 0.1) is 5.92 Å². The molecule has 5 heteroatoms. The van der Waals surface area contributed by atoms with E-state index in [1.807, 2.05) is 47.4 Å². The maximum Gasteiger partial charge on any atom is 0.330 e. The van der Waals surface area contributed by atoms with Crippen LogP contribution in [0.4, 0.5) is 11.4 Å². The van der Waals surface area contributed by atoms with Crippen LogP contribution in [-0.4, -0.2) is 19.0 Å². The number of esters is 1. The first-order valence-corrected chi connectivity index (χ1v) is 12.7. The molecule has 1 fully saturated rings. The maximum absolute atomic E-state index is 13.7. The van der Waals surface area contributed by atoms with Crippen LogP contribution < -0.4 is 10.2 Å². The van der Waals surface area contributed by atoms with Crippen LogP contribution in [0.3, 0.4) is 0 Å². The molecular weight excluding hydrogens is 448 g/mol. The first-order valence-electron chi connectivity index (χ1n) is 12.7. The average molecular weight is 483 g/mol. The monoisotopic (exact) mass is 482 g/mol. The van der Waals surface area contributed by atoms with Crippen molar-refractivity contribution in [2.75, 3.05) is 17.3 Å². The lowest BCUT2D eigenvalue weighted by molar-refractivity contribution is -0.134. The van der Waals surface area contributed by atoms with E-state index >= 15 is 0 Å². The second kappa shape index (κ2) is 12.7. The Balaban J connectivity index is 1.51. The predicted molar refractivity (Wildman–Crippen MR) is 145 cm³/mol. The van der Waals surface area contributed by atoms with Crippen LogP contribution in [0.1, 0.15) is 48.8 Å². The lowest BCUT2D eigenvalue weighted by Crippen LogP contribution is -2.36. The number of carbonyl (C=O) groups is 2. The topological polar surface area (TPSA) is 58.6 Å². The fraction of sp³-hybridized carbons (Fsp3) is 0.290. The van der Waals surface area contributed by atoms with Crippen molar-refractivity contribution in [1.29, 1.82) is 0 Å². The van der Waals surface area contributed by atoms with Crippen LogP contribution >= 0.6 is 0 Å². The Morgan fingerprint density at radius 3 is 2.39 bits per heavy atom. The Morgan fingerprint density at radius 2 is 1.67 bits per heavy atom. The van der Waals surface area contributed by atoms with E-state index in [9.17, 15) is 9.59 Å². The van der Waals surface area contributed by atoms with Gasteiger partial charge in [-0.25, -0.2) is 4.79 Å². The molecule has 4 rings (SSSR count). The van der Waals surface area contributed by atoms with Gasteiger partial charge in [0, 0.05) is 29.9 Å². The molecule has 3 aromatic rings.